The van der Waals surface area contributed by atoms with Crippen molar-refractivity contribution < 1.29 is 37.0 Å². The van der Waals surface area contributed by atoms with E-state index in [-0.39, 0.29) is 46.4 Å². The van der Waals surface area contributed by atoms with E-state index in [4.69, 9.17) is 25.8 Å². The minimum absolute atomic E-state index is 0.0153. The molecule has 5 rings (SSSR count). The van der Waals surface area contributed by atoms with Crippen LogP contribution in [0.4, 0.5) is 18.0 Å². The van der Waals surface area contributed by atoms with Crippen LogP contribution in [0.1, 0.15) is 38.1 Å². The third kappa shape index (κ3) is 6.63. The smallest absolute Gasteiger partial charge is 0.410 e. The first kappa shape index (κ1) is 30.8. The summed E-state index contributed by atoms with van der Waals surface area (Å²) in [5.41, 5.74) is -0.341. The van der Waals surface area contributed by atoms with E-state index < -0.39 is 41.2 Å². The Morgan fingerprint density at radius 3 is 2.60 bits per heavy atom. The Hall–Kier alpha value is -3.68. The number of fused-ring (bicyclic) bond motifs is 1. The number of nitrogens with one attached hydrogen (secondary N) is 1. The van der Waals surface area contributed by atoms with Crippen molar-refractivity contribution >= 4 is 29.5 Å². The van der Waals surface area contributed by atoms with Gasteiger partial charge in [-0.15, -0.1) is 0 Å². The number of esters is 1. The molecule has 14 heteroatoms. The van der Waals surface area contributed by atoms with Crippen LogP contribution >= 0.6 is 11.6 Å². The van der Waals surface area contributed by atoms with Gasteiger partial charge in [0.2, 0.25) is 0 Å². The number of hydrogen-bond acceptors (Lipinski definition) is 9. The number of aliphatic imine (C=N–C) groups is 1. The second-order valence-corrected chi connectivity index (χ2v) is 11.8. The van der Waals surface area contributed by atoms with E-state index in [2.05, 4.69) is 15.3 Å². The first-order valence-corrected chi connectivity index (χ1v) is 14.0. The van der Waals surface area contributed by atoms with E-state index >= 15 is 0 Å². The molecule has 43 heavy (non-hydrogen) atoms. The summed E-state index contributed by atoms with van der Waals surface area (Å²) in [6.07, 6.45) is 0.0608. The summed E-state index contributed by atoms with van der Waals surface area (Å²) < 4.78 is 59.2. The molecule has 3 aliphatic heterocycles. The van der Waals surface area contributed by atoms with Crippen molar-refractivity contribution in [3.8, 4) is 0 Å². The van der Waals surface area contributed by atoms with E-state index in [1.807, 2.05) is 4.90 Å². The summed E-state index contributed by atoms with van der Waals surface area (Å²) >= 11 is 6.41. The highest BCUT2D eigenvalue weighted by Gasteiger charge is 2.44. The third-order valence-electron chi connectivity index (χ3n) is 7.25. The average molecular weight is 622 g/mol. The largest absolute Gasteiger partial charge is 0.466 e. The van der Waals surface area contributed by atoms with Crippen LogP contribution in [0.15, 0.2) is 46.7 Å². The lowest BCUT2D eigenvalue weighted by Crippen LogP contribution is -2.53. The van der Waals surface area contributed by atoms with Gasteiger partial charge in [0, 0.05) is 42.0 Å². The Balaban J connectivity index is 1.54. The maximum absolute atomic E-state index is 14.9. The Bertz CT molecular complexity index is 1500. The Labute approximate surface area is 251 Å². The molecule has 1 N–H and O–H groups in total. The van der Waals surface area contributed by atoms with Crippen LogP contribution in [0, 0.1) is 17.5 Å². The minimum atomic E-state index is -1.14. The van der Waals surface area contributed by atoms with Gasteiger partial charge in [-0.25, -0.2) is 27.7 Å². The predicted octanol–water partition coefficient (Wildman–Crippen LogP) is 3.99. The molecule has 230 valence electrons. The Morgan fingerprint density at radius 1 is 1.16 bits per heavy atom. The summed E-state index contributed by atoms with van der Waals surface area (Å²) in [5.74, 6) is -3.28. The van der Waals surface area contributed by atoms with Gasteiger partial charge < -0.3 is 24.4 Å². The first-order valence-electron chi connectivity index (χ1n) is 13.6. The van der Waals surface area contributed by atoms with Crippen molar-refractivity contribution in [2.24, 2.45) is 4.99 Å². The molecule has 1 amide bonds. The van der Waals surface area contributed by atoms with Crippen LogP contribution in [0.5, 0.6) is 0 Å². The van der Waals surface area contributed by atoms with Crippen LogP contribution in [-0.2, 0) is 19.0 Å². The van der Waals surface area contributed by atoms with Gasteiger partial charge in [0.25, 0.3) is 0 Å². The quantitative estimate of drug-likeness (QED) is 0.500. The lowest BCUT2D eigenvalue weighted by molar-refractivity contribution is -0.136. The van der Waals surface area contributed by atoms with Gasteiger partial charge in [-0.3, -0.25) is 9.89 Å². The van der Waals surface area contributed by atoms with Crippen molar-refractivity contribution in [1.82, 2.24) is 20.1 Å². The number of carbonyl (C=O) groups excluding carboxylic acids is 2. The van der Waals surface area contributed by atoms with E-state index in [1.165, 1.54) is 19.2 Å². The van der Waals surface area contributed by atoms with Gasteiger partial charge in [-0.1, -0.05) is 17.7 Å². The van der Waals surface area contributed by atoms with Gasteiger partial charge in [0.15, 0.2) is 11.7 Å². The normalized spacial score (nSPS) is 22.6. The van der Waals surface area contributed by atoms with Crippen molar-refractivity contribution in [2.75, 3.05) is 39.9 Å². The molecule has 2 saturated heterocycles. The molecule has 1 aromatic heterocycles. The molecule has 3 aliphatic rings. The summed E-state index contributed by atoms with van der Waals surface area (Å²) in [4.78, 5) is 38.1. The summed E-state index contributed by atoms with van der Waals surface area (Å²) in [6, 6.07) is 2.89. The highest BCUT2D eigenvalue weighted by Crippen LogP contribution is 2.37. The number of likely N-dealkylation sites (tertiary alicyclic amines) is 1. The fraction of sp³-hybridized carbons (Fsp3) is 0.448. The van der Waals surface area contributed by atoms with Crippen molar-refractivity contribution in [1.29, 1.82) is 0 Å². The number of carbonyl (C=O) groups is 2. The molecule has 3 atom stereocenters. The topological polar surface area (TPSA) is 106 Å². The molecule has 4 heterocycles. The van der Waals surface area contributed by atoms with Crippen LogP contribution in [0.3, 0.4) is 0 Å². The number of ether oxygens (including phenoxy) is 3. The molecule has 2 unspecified atom stereocenters. The lowest BCUT2D eigenvalue weighted by Gasteiger charge is -2.38. The van der Waals surface area contributed by atoms with Crippen molar-refractivity contribution in [3.05, 3.63) is 75.5 Å². The molecular formula is C29H31ClF3N5O5. The van der Waals surface area contributed by atoms with Gasteiger partial charge >= 0.3 is 12.1 Å². The second kappa shape index (κ2) is 12.1. The van der Waals surface area contributed by atoms with Gasteiger partial charge in [-0.2, -0.15) is 0 Å². The van der Waals surface area contributed by atoms with Gasteiger partial charge in [-0.05, 0) is 32.9 Å². The molecule has 0 aliphatic carbocycles. The van der Waals surface area contributed by atoms with Gasteiger partial charge in [0.05, 0.1) is 44.2 Å². The lowest BCUT2D eigenvalue weighted by atomic mass is 9.94. The summed E-state index contributed by atoms with van der Waals surface area (Å²) in [6.45, 7) is 6.89. The number of benzene rings is 1. The van der Waals surface area contributed by atoms with Crippen molar-refractivity contribution in [3.63, 3.8) is 0 Å². The number of aromatic nitrogens is 1. The first-order chi connectivity index (χ1) is 20.3. The third-order valence-corrected chi connectivity index (χ3v) is 7.58. The number of halogens is 4. The number of pyridine rings is 1. The number of hydrogen-bond donors (Lipinski definition) is 1. The molecule has 0 bridgehead atoms. The predicted molar refractivity (Wildman–Crippen MR) is 150 cm³/mol. The van der Waals surface area contributed by atoms with Crippen LogP contribution in [0.2, 0.25) is 5.02 Å². The molecule has 2 aromatic rings. The summed E-state index contributed by atoms with van der Waals surface area (Å²) in [7, 11) is 1.21. The van der Waals surface area contributed by atoms with Crippen LogP contribution < -0.4 is 5.32 Å². The number of methoxy groups -OCH3 is 1. The highest BCUT2D eigenvalue weighted by molar-refractivity contribution is 6.31. The van der Waals surface area contributed by atoms with Gasteiger partial charge in [0.1, 0.15) is 29.0 Å². The minimum Gasteiger partial charge on any atom is -0.466 e. The second-order valence-electron chi connectivity index (χ2n) is 11.4. The molecule has 0 spiro atoms. The van der Waals surface area contributed by atoms with E-state index in [1.54, 1.807) is 25.7 Å². The zero-order chi connectivity index (χ0) is 31.1. The molecule has 10 nitrogen and oxygen atoms in total. The van der Waals surface area contributed by atoms with Crippen LogP contribution in [0.25, 0.3) is 0 Å². The number of amides is 1. The Morgan fingerprint density at radius 2 is 1.93 bits per heavy atom. The maximum Gasteiger partial charge on any atom is 0.410 e. The highest BCUT2D eigenvalue weighted by atomic mass is 35.5. The molecule has 0 radical (unpaired) electrons. The molecule has 0 saturated carbocycles. The van der Waals surface area contributed by atoms with Crippen molar-refractivity contribution in [2.45, 2.75) is 44.6 Å². The number of amidine groups is 1. The fourth-order valence-corrected chi connectivity index (χ4v) is 5.63. The average Bonchev–Trinajstić information content (AvgIpc) is 3.37. The maximum atomic E-state index is 14.9. The van der Waals surface area contributed by atoms with E-state index in [9.17, 15) is 22.8 Å². The molecular weight excluding hydrogens is 591 g/mol. The zero-order valence-electron chi connectivity index (χ0n) is 24.0. The number of nitrogens with zero attached hydrogens (tertiary/aromatic N) is 4. The molecule has 1 aromatic carbocycles. The van der Waals surface area contributed by atoms with E-state index in [0.29, 0.717) is 38.0 Å². The monoisotopic (exact) mass is 621 g/mol. The standard InChI is InChI=1S/C29H31ClF3N5O5/c1-29(2,3)43-28(40)38-13-21-22(14-38)42-8-7-37(21)12-20-23(27(39)41-4)24(17-6-5-15(31)9-18(17)30)36-26(35-20)25-19(33)10-16(32)11-34-25/h5-6,9-11,21-22,24H,7-8,12-14H2,1-4H3,(H,35,36)/t21?,22?,24-/m1/s1. The SMILES string of the molecule is COC(=O)C1=C(CN2CCOC3CN(C(=O)OC(C)(C)C)CC32)NC(c2ncc(F)cc2F)=N[C@@H]1c1ccc(F)cc1Cl. The summed E-state index contributed by atoms with van der Waals surface area (Å²) in [5, 5.41) is 3.00. The fourth-order valence-electron chi connectivity index (χ4n) is 5.36. The number of rotatable bonds is 5. The van der Waals surface area contributed by atoms with Crippen LogP contribution in [-0.4, -0.2) is 90.3 Å². The number of morpholine rings is 1. The zero-order valence-corrected chi connectivity index (χ0v) is 24.8. The molecule has 2 fully saturated rings. The Kier molecular flexibility index (Phi) is 8.68. The van der Waals surface area contributed by atoms with E-state index in [0.717, 1.165) is 12.3 Å².